The Balaban J connectivity index is 1.71. The van der Waals surface area contributed by atoms with Crippen LogP contribution in [-0.4, -0.2) is 18.3 Å². The van der Waals surface area contributed by atoms with E-state index in [0.717, 1.165) is 0 Å². The van der Waals surface area contributed by atoms with Gasteiger partial charge in [-0.1, -0.05) is 6.07 Å². The molecule has 1 amide bonds. The SMILES string of the molecule is CC(=O)c1cc2ccc(OCC(=O)Nc3cccc(F)c3)cc2oc1=O. The van der Waals surface area contributed by atoms with Crippen LogP contribution in [0.1, 0.15) is 17.3 Å². The summed E-state index contributed by atoms with van der Waals surface area (Å²) in [7, 11) is 0. The van der Waals surface area contributed by atoms with E-state index in [1.165, 1.54) is 37.3 Å². The molecule has 7 heteroatoms. The van der Waals surface area contributed by atoms with Crippen LogP contribution in [0, 0.1) is 5.82 Å². The van der Waals surface area contributed by atoms with Crippen molar-refractivity contribution >= 4 is 28.3 Å². The van der Waals surface area contributed by atoms with E-state index in [1.807, 2.05) is 0 Å². The Morgan fingerprint density at radius 1 is 1.15 bits per heavy atom. The van der Waals surface area contributed by atoms with Crippen molar-refractivity contribution in [2.24, 2.45) is 0 Å². The molecular formula is C19H14FNO5. The van der Waals surface area contributed by atoms with Gasteiger partial charge in [0.15, 0.2) is 12.4 Å². The Bertz CT molecular complexity index is 1060. The van der Waals surface area contributed by atoms with Gasteiger partial charge in [0.2, 0.25) is 0 Å². The lowest BCUT2D eigenvalue weighted by Crippen LogP contribution is -2.20. The minimum atomic E-state index is -0.731. The van der Waals surface area contributed by atoms with Crippen molar-refractivity contribution in [3.63, 3.8) is 0 Å². The first-order chi connectivity index (χ1) is 12.4. The van der Waals surface area contributed by atoms with Crippen LogP contribution in [0.3, 0.4) is 0 Å². The zero-order valence-corrected chi connectivity index (χ0v) is 13.7. The number of carbonyl (C=O) groups excluding carboxylic acids is 2. The van der Waals surface area contributed by atoms with Gasteiger partial charge in [-0.15, -0.1) is 0 Å². The topological polar surface area (TPSA) is 85.6 Å². The van der Waals surface area contributed by atoms with Crippen LogP contribution in [-0.2, 0) is 4.79 Å². The average molecular weight is 355 g/mol. The molecule has 3 aromatic rings. The number of ether oxygens (including phenoxy) is 1. The zero-order valence-electron chi connectivity index (χ0n) is 13.7. The summed E-state index contributed by atoms with van der Waals surface area (Å²) in [5.41, 5.74) is -0.199. The van der Waals surface area contributed by atoms with Crippen LogP contribution >= 0.6 is 0 Å². The first-order valence-corrected chi connectivity index (χ1v) is 7.69. The molecule has 1 heterocycles. The standard InChI is InChI=1S/C19H14FNO5/c1-11(22)16-7-12-5-6-15(9-17(12)26-19(16)24)25-10-18(23)21-14-4-2-3-13(20)8-14/h2-9H,10H2,1H3,(H,21,23). The lowest BCUT2D eigenvalue weighted by atomic mass is 10.1. The van der Waals surface area contributed by atoms with E-state index in [1.54, 1.807) is 18.2 Å². The van der Waals surface area contributed by atoms with Crippen molar-refractivity contribution in [1.82, 2.24) is 0 Å². The van der Waals surface area contributed by atoms with Crippen molar-refractivity contribution in [2.75, 3.05) is 11.9 Å². The molecule has 0 aliphatic heterocycles. The summed E-state index contributed by atoms with van der Waals surface area (Å²) in [6.45, 7) is 0.977. The predicted octanol–water partition coefficient (Wildman–Crippen LogP) is 3.15. The number of hydrogen-bond acceptors (Lipinski definition) is 5. The number of fused-ring (bicyclic) bond motifs is 1. The highest BCUT2D eigenvalue weighted by molar-refractivity contribution is 5.96. The first kappa shape index (κ1) is 17.3. The van der Waals surface area contributed by atoms with Crippen LogP contribution in [0.25, 0.3) is 11.0 Å². The number of anilines is 1. The van der Waals surface area contributed by atoms with E-state index >= 15 is 0 Å². The number of nitrogens with one attached hydrogen (secondary N) is 1. The van der Waals surface area contributed by atoms with Gasteiger partial charge in [-0.05, 0) is 43.3 Å². The molecule has 132 valence electrons. The van der Waals surface area contributed by atoms with Crippen LogP contribution in [0.5, 0.6) is 5.75 Å². The number of ketones is 1. The van der Waals surface area contributed by atoms with Crippen LogP contribution in [0.4, 0.5) is 10.1 Å². The molecule has 0 saturated heterocycles. The molecule has 0 bridgehead atoms. The Kier molecular flexibility index (Phi) is 4.79. The molecule has 0 fully saturated rings. The van der Waals surface area contributed by atoms with E-state index in [9.17, 15) is 18.8 Å². The second-order valence-electron chi connectivity index (χ2n) is 5.55. The summed E-state index contributed by atoms with van der Waals surface area (Å²) in [5, 5.41) is 3.07. The van der Waals surface area contributed by atoms with Crippen molar-refractivity contribution in [3.05, 3.63) is 70.3 Å². The molecule has 2 aromatic carbocycles. The Labute approximate surface area is 147 Å². The Hall–Kier alpha value is -3.48. The molecule has 0 aliphatic rings. The normalized spacial score (nSPS) is 10.5. The summed E-state index contributed by atoms with van der Waals surface area (Å²) in [6, 6.07) is 11.6. The third kappa shape index (κ3) is 3.94. The minimum absolute atomic E-state index is 0.0272. The zero-order chi connectivity index (χ0) is 18.7. The molecule has 6 nitrogen and oxygen atoms in total. The second kappa shape index (κ2) is 7.18. The molecule has 0 unspecified atom stereocenters. The van der Waals surface area contributed by atoms with Crippen molar-refractivity contribution in [3.8, 4) is 5.75 Å². The fourth-order valence-electron chi connectivity index (χ4n) is 2.34. The lowest BCUT2D eigenvalue weighted by molar-refractivity contribution is -0.118. The van der Waals surface area contributed by atoms with Crippen LogP contribution < -0.4 is 15.7 Å². The molecule has 0 aliphatic carbocycles. The molecule has 3 rings (SSSR count). The maximum Gasteiger partial charge on any atom is 0.347 e. The summed E-state index contributed by atoms with van der Waals surface area (Å²) in [6.07, 6.45) is 0. The molecular weight excluding hydrogens is 341 g/mol. The van der Waals surface area contributed by atoms with Crippen molar-refractivity contribution < 1.29 is 23.1 Å². The quantitative estimate of drug-likeness (QED) is 0.561. The first-order valence-electron chi connectivity index (χ1n) is 7.69. The van der Waals surface area contributed by atoms with E-state index in [-0.39, 0.29) is 23.5 Å². The number of Topliss-reactive ketones (excluding diaryl/α,β-unsaturated/α-hetero) is 1. The van der Waals surface area contributed by atoms with Gasteiger partial charge in [-0.3, -0.25) is 9.59 Å². The summed E-state index contributed by atoms with van der Waals surface area (Å²) >= 11 is 0. The maximum atomic E-state index is 13.1. The molecule has 1 N–H and O–H groups in total. The van der Waals surface area contributed by atoms with Gasteiger partial charge < -0.3 is 14.5 Å². The van der Waals surface area contributed by atoms with E-state index in [2.05, 4.69) is 5.32 Å². The van der Waals surface area contributed by atoms with Gasteiger partial charge in [0.25, 0.3) is 5.91 Å². The van der Waals surface area contributed by atoms with Crippen molar-refractivity contribution in [2.45, 2.75) is 6.92 Å². The van der Waals surface area contributed by atoms with Gasteiger partial charge in [0, 0.05) is 17.1 Å². The van der Waals surface area contributed by atoms with Gasteiger partial charge in [0.05, 0.1) is 0 Å². The highest BCUT2D eigenvalue weighted by Crippen LogP contribution is 2.21. The van der Waals surface area contributed by atoms with Crippen LogP contribution in [0.2, 0.25) is 0 Å². The third-order valence-corrected chi connectivity index (χ3v) is 3.57. The number of amides is 1. The molecule has 26 heavy (non-hydrogen) atoms. The van der Waals surface area contributed by atoms with Crippen molar-refractivity contribution in [1.29, 1.82) is 0 Å². The predicted molar refractivity (Wildman–Crippen MR) is 93.0 cm³/mol. The maximum absolute atomic E-state index is 13.1. The Morgan fingerprint density at radius 2 is 1.96 bits per heavy atom. The molecule has 1 aromatic heterocycles. The molecule has 0 spiro atoms. The highest BCUT2D eigenvalue weighted by Gasteiger charge is 2.11. The van der Waals surface area contributed by atoms with Gasteiger partial charge in [-0.25, -0.2) is 9.18 Å². The number of hydrogen-bond donors (Lipinski definition) is 1. The van der Waals surface area contributed by atoms with Gasteiger partial charge in [-0.2, -0.15) is 0 Å². The Morgan fingerprint density at radius 3 is 2.69 bits per heavy atom. The fourth-order valence-corrected chi connectivity index (χ4v) is 2.34. The monoisotopic (exact) mass is 355 g/mol. The van der Waals surface area contributed by atoms with Gasteiger partial charge >= 0.3 is 5.63 Å². The van der Waals surface area contributed by atoms with E-state index in [4.69, 9.17) is 9.15 Å². The summed E-state index contributed by atoms with van der Waals surface area (Å²) in [4.78, 5) is 35.0. The largest absolute Gasteiger partial charge is 0.484 e. The number of rotatable bonds is 5. The minimum Gasteiger partial charge on any atom is -0.484 e. The molecule has 0 atom stereocenters. The number of carbonyl (C=O) groups is 2. The second-order valence-corrected chi connectivity index (χ2v) is 5.55. The summed E-state index contributed by atoms with van der Waals surface area (Å²) < 4.78 is 23.6. The molecule has 0 saturated carbocycles. The van der Waals surface area contributed by atoms with Crippen LogP contribution in [0.15, 0.2) is 57.7 Å². The average Bonchev–Trinajstić information content (AvgIpc) is 2.59. The fraction of sp³-hybridized carbons (Fsp3) is 0.105. The third-order valence-electron chi connectivity index (χ3n) is 3.57. The number of benzene rings is 2. The highest BCUT2D eigenvalue weighted by atomic mass is 19.1. The van der Waals surface area contributed by atoms with E-state index < -0.39 is 17.3 Å². The molecule has 0 radical (unpaired) electrons. The van der Waals surface area contributed by atoms with Gasteiger partial charge in [0.1, 0.15) is 22.7 Å². The lowest BCUT2D eigenvalue weighted by Gasteiger charge is -2.08. The van der Waals surface area contributed by atoms with E-state index in [0.29, 0.717) is 16.8 Å². The summed E-state index contributed by atoms with van der Waals surface area (Å²) in [5.74, 6) is -0.997. The number of halogens is 1. The smallest absolute Gasteiger partial charge is 0.347 e.